The third-order valence-electron chi connectivity index (χ3n) is 8.91. The number of allylic oxidation sites excluding steroid dienone is 5. The highest BCUT2D eigenvalue weighted by Crippen LogP contribution is 2.61. The van der Waals surface area contributed by atoms with Gasteiger partial charge in [0.1, 0.15) is 36.3 Å². The number of aliphatic hydroxyl groups excluding tert-OH is 2. The van der Waals surface area contributed by atoms with Crippen molar-refractivity contribution in [2.45, 2.75) is 89.4 Å². The molecule has 2 amide bonds. The van der Waals surface area contributed by atoms with Crippen molar-refractivity contribution in [2.24, 2.45) is 5.41 Å². The van der Waals surface area contributed by atoms with Gasteiger partial charge in [0.25, 0.3) is 0 Å². The number of nitrogen functional groups attached to an aromatic ring is 1. The number of aliphatic hydroxyl groups is 2. The fourth-order valence-electron chi connectivity index (χ4n) is 5.63. The summed E-state index contributed by atoms with van der Waals surface area (Å²) in [5.74, 6) is -2.04. The van der Waals surface area contributed by atoms with Gasteiger partial charge in [-0.25, -0.2) is 28.6 Å². The molecule has 65 heavy (non-hydrogen) atoms. The molecule has 2 aromatic heterocycles. The minimum atomic E-state index is -5.59. The summed E-state index contributed by atoms with van der Waals surface area (Å²) in [6, 6.07) is 0. The maximum Gasteiger partial charge on any atom is 0.481 e. The summed E-state index contributed by atoms with van der Waals surface area (Å²) in [6.45, 7) is 0.428. The van der Waals surface area contributed by atoms with E-state index in [1.54, 1.807) is 24.3 Å². The molecule has 3 rings (SSSR count). The first-order chi connectivity index (χ1) is 30.4. The van der Waals surface area contributed by atoms with Crippen molar-refractivity contribution in [3.8, 4) is 0 Å². The normalized spacial score (nSPS) is 20.6. The van der Waals surface area contributed by atoms with Gasteiger partial charge in [-0.3, -0.25) is 37.3 Å². The largest absolute Gasteiger partial charge is 0.481 e. The zero-order chi connectivity index (χ0) is 48.4. The number of hydrogen-bond donors (Lipinski definition) is 10. The third-order valence-corrected chi connectivity index (χ3v) is 12.9. The zero-order valence-electron chi connectivity index (χ0n) is 35.1. The van der Waals surface area contributed by atoms with Crippen LogP contribution in [0.1, 0.15) is 65.0 Å². The second-order valence-electron chi connectivity index (χ2n) is 14.7. The fraction of sp³-hybridized carbons (Fsp3) is 0.571. The second-order valence-corrected chi connectivity index (χ2v) is 20.1. The van der Waals surface area contributed by atoms with Crippen LogP contribution < -0.4 is 16.4 Å². The van der Waals surface area contributed by atoms with Crippen LogP contribution in [-0.2, 0) is 55.5 Å². The molecule has 0 radical (unpaired) electrons. The van der Waals surface area contributed by atoms with Crippen LogP contribution in [0.15, 0.2) is 49.1 Å². The minimum absolute atomic E-state index is 0.0113. The summed E-state index contributed by atoms with van der Waals surface area (Å²) in [7, 11) is -16.4. The van der Waals surface area contributed by atoms with Gasteiger partial charge in [0.2, 0.25) is 11.8 Å². The lowest BCUT2D eigenvalue weighted by Gasteiger charge is -2.30. The van der Waals surface area contributed by atoms with E-state index in [1.165, 1.54) is 13.8 Å². The number of thioether (sulfide) groups is 1. The standard InChI is InChI=1S/C35H54N7O19P3S/c1-35(2,30(48)33(49)38-16-15-24(43)37-17-18-65-26(46)14-12-10-8-6-4-3-5-7-9-11-13-25(44)45)20-58-64(55,56)61-63(53,54)57-19-23-29(60-62(50,51)52)28(47)34(59-23)42-22-41-27-31(36)39-21-40-32(27)42/h3-5,7,9,11,21-23,28-30,34,47-48H,6,8,10,12-20H2,1-2H3,(H,37,43)(H,38,49)(H,44,45)(H,53,54)(H,55,56)(H2,36,39,40)(H2,50,51,52)/b4-3+,7-5+,11-9+. The Balaban J connectivity index is 1.35. The molecular formula is C35H54N7O19P3S. The number of nitrogens with one attached hydrogen (secondary N) is 2. The third kappa shape index (κ3) is 19.9. The number of imidazole rings is 1. The van der Waals surface area contributed by atoms with Gasteiger partial charge in [0.05, 0.1) is 26.0 Å². The number of nitrogens with two attached hydrogens (primary N) is 1. The van der Waals surface area contributed by atoms with Crippen LogP contribution in [0.4, 0.5) is 5.82 Å². The van der Waals surface area contributed by atoms with Crippen molar-refractivity contribution < 1.29 is 90.4 Å². The number of carbonyl (C=O) groups excluding carboxylic acids is 3. The molecule has 2 aromatic rings. The average molecular weight is 1000 g/mol. The first-order valence-corrected chi connectivity index (χ1v) is 25.2. The number of unbranched alkanes of at least 4 members (excludes halogenated alkanes) is 3. The smallest absolute Gasteiger partial charge is 0.481 e. The first-order valence-electron chi connectivity index (χ1n) is 19.7. The van der Waals surface area contributed by atoms with Crippen molar-refractivity contribution in [2.75, 3.05) is 37.8 Å². The highest BCUT2D eigenvalue weighted by molar-refractivity contribution is 8.13. The summed E-state index contributed by atoms with van der Waals surface area (Å²) < 4.78 is 62.3. The highest BCUT2D eigenvalue weighted by atomic mass is 32.2. The Morgan fingerprint density at radius 2 is 1.65 bits per heavy atom. The van der Waals surface area contributed by atoms with Crippen molar-refractivity contribution in [3.05, 3.63) is 49.1 Å². The zero-order valence-corrected chi connectivity index (χ0v) is 38.6. The van der Waals surface area contributed by atoms with Crippen LogP contribution in [0.3, 0.4) is 0 Å². The lowest BCUT2D eigenvalue weighted by molar-refractivity contribution is -0.137. The number of carboxylic acids is 1. The molecule has 1 aliphatic heterocycles. The number of ether oxygens (including phenoxy) is 1. The lowest BCUT2D eigenvalue weighted by Crippen LogP contribution is -2.46. The molecule has 0 spiro atoms. The van der Waals surface area contributed by atoms with Gasteiger partial charge < -0.3 is 56.0 Å². The van der Waals surface area contributed by atoms with E-state index in [-0.39, 0.29) is 48.0 Å². The van der Waals surface area contributed by atoms with Gasteiger partial charge in [-0.2, -0.15) is 4.31 Å². The first kappa shape index (κ1) is 55.6. The number of aromatic nitrogens is 4. The molecule has 30 heteroatoms. The van der Waals surface area contributed by atoms with E-state index in [0.29, 0.717) is 12.2 Å². The van der Waals surface area contributed by atoms with Gasteiger partial charge in [-0.1, -0.05) is 68.5 Å². The molecule has 3 heterocycles. The topological polar surface area (TPSA) is 401 Å². The van der Waals surface area contributed by atoms with Crippen molar-refractivity contribution in [1.82, 2.24) is 30.2 Å². The number of carbonyl (C=O) groups is 4. The van der Waals surface area contributed by atoms with Gasteiger partial charge in [-0.15, -0.1) is 0 Å². The van der Waals surface area contributed by atoms with E-state index in [2.05, 4.69) is 34.4 Å². The predicted octanol–water partition coefficient (Wildman–Crippen LogP) is 1.76. The number of rotatable bonds is 29. The molecule has 1 aliphatic rings. The number of anilines is 1. The molecule has 1 saturated heterocycles. The molecule has 0 bridgehead atoms. The Kier molecular flexibility index (Phi) is 22.2. The Bertz CT molecular complexity index is 2170. The van der Waals surface area contributed by atoms with E-state index < -0.39 is 90.5 Å². The van der Waals surface area contributed by atoms with E-state index in [9.17, 15) is 62.7 Å². The number of aliphatic carboxylic acids is 1. The van der Waals surface area contributed by atoms with Crippen LogP contribution in [0.5, 0.6) is 0 Å². The average Bonchev–Trinajstić information content (AvgIpc) is 3.77. The monoisotopic (exact) mass is 1000 g/mol. The number of fused-ring (bicyclic) bond motifs is 1. The SMILES string of the molecule is CC(C)(COP(=O)(O)OP(=O)(O)OCC1OC(n2cnc3c(N)ncnc32)C(O)C1OP(=O)(O)O)C(O)C(=O)NCCC(=O)NCCSC(=O)CCCCC/C=C/C=C/C=C/CC(=O)O. The molecule has 7 atom stereocenters. The summed E-state index contributed by atoms with van der Waals surface area (Å²) in [4.78, 5) is 98.5. The van der Waals surface area contributed by atoms with Gasteiger partial charge >= 0.3 is 29.4 Å². The Morgan fingerprint density at radius 1 is 0.954 bits per heavy atom. The maximum absolute atomic E-state index is 12.7. The Morgan fingerprint density at radius 3 is 2.34 bits per heavy atom. The quantitative estimate of drug-likeness (QED) is 0.0315. The molecular weight excluding hydrogens is 947 g/mol. The number of phosphoric ester groups is 3. The van der Waals surface area contributed by atoms with Crippen LogP contribution in [-0.4, -0.2) is 134 Å². The maximum atomic E-state index is 12.7. The number of nitrogens with zero attached hydrogens (tertiary/aromatic N) is 4. The minimum Gasteiger partial charge on any atom is -0.481 e. The van der Waals surface area contributed by atoms with Gasteiger partial charge in [0.15, 0.2) is 22.8 Å². The Labute approximate surface area is 376 Å². The summed E-state index contributed by atoms with van der Waals surface area (Å²) in [5.41, 5.74) is 4.24. The van der Waals surface area contributed by atoms with Gasteiger partial charge in [0, 0.05) is 37.1 Å². The summed E-state index contributed by atoms with van der Waals surface area (Å²) in [6.07, 6.45) is 7.27. The molecule has 1 fully saturated rings. The molecule has 26 nitrogen and oxygen atoms in total. The van der Waals surface area contributed by atoms with Crippen molar-refractivity contribution >= 4 is 75.1 Å². The molecule has 7 unspecified atom stereocenters. The molecule has 0 aliphatic carbocycles. The van der Waals surface area contributed by atoms with E-state index in [1.807, 2.05) is 12.2 Å². The second kappa shape index (κ2) is 26.0. The molecule has 0 aromatic carbocycles. The van der Waals surface area contributed by atoms with Crippen molar-refractivity contribution in [3.63, 3.8) is 0 Å². The fourth-order valence-corrected chi connectivity index (χ4v) is 9.18. The summed E-state index contributed by atoms with van der Waals surface area (Å²) in [5, 5.41) is 35.0. The molecule has 364 valence electrons. The lowest BCUT2D eigenvalue weighted by atomic mass is 9.87. The number of phosphoric acid groups is 3. The highest BCUT2D eigenvalue weighted by Gasteiger charge is 2.50. The Hall–Kier alpha value is -3.75. The van der Waals surface area contributed by atoms with Crippen molar-refractivity contribution in [1.29, 1.82) is 0 Å². The number of amides is 2. The molecule has 11 N–H and O–H groups in total. The van der Waals surface area contributed by atoms with Crippen LogP contribution in [0.2, 0.25) is 0 Å². The molecule has 0 saturated carbocycles. The van der Waals surface area contributed by atoms with Gasteiger partial charge in [-0.05, 0) is 19.3 Å². The van der Waals surface area contributed by atoms with E-state index in [0.717, 1.165) is 54.7 Å². The van der Waals surface area contributed by atoms with Crippen LogP contribution >= 0.6 is 35.2 Å². The van der Waals surface area contributed by atoms with Crippen LogP contribution in [0, 0.1) is 5.41 Å². The number of carboxylic acid groups (broad SMARTS) is 1. The van der Waals surface area contributed by atoms with Crippen LogP contribution in [0.25, 0.3) is 11.2 Å². The van der Waals surface area contributed by atoms with E-state index >= 15 is 0 Å². The van der Waals surface area contributed by atoms with E-state index in [4.69, 9.17) is 24.6 Å². The number of hydrogen-bond acceptors (Lipinski definition) is 19. The predicted molar refractivity (Wildman–Crippen MR) is 230 cm³/mol. The summed E-state index contributed by atoms with van der Waals surface area (Å²) >= 11 is 1.09.